The molecule has 1 unspecified atom stereocenters. The Morgan fingerprint density at radius 2 is 2.42 bits per heavy atom. The zero-order valence-electron chi connectivity index (χ0n) is 11.3. The molecular weight excluding hydrogens is 240 g/mol. The van der Waals surface area contributed by atoms with Gasteiger partial charge >= 0.3 is 0 Å². The highest BCUT2D eigenvalue weighted by molar-refractivity contribution is 5.59. The molecule has 0 radical (unpaired) electrons. The predicted molar refractivity (Wildman–Crippen MR) is 74.4 cm³/mol. The minimum Gasteiger partial charge on any atom is -0.495 e. The van der Waals surface area contributed by atoms with Crippen molar-refractivity contribution in [2.24, 2.45) is 0 Å². The Morgan fingerprint density at radius 1 is 1.53 bits per heavy atom. The largest absolute Gasteiger partial charge is 0.495 e. The number of hydrogen-bond donors (Lipinski definition) is 1. The molecule has 0 aromatic heterocycles. The summed E-state index contributed by atoms with van der Waals surface area (Å²) in [5.74, 6) is 0.719. The van der Waals surface area contributed by atoms with E-state index in [9.17, 15) is 0 Å². The van der Waals surface area contributed by atoms with Crippen molar-refractivity contribution in [1.82, 2.24) is 0 Å². The fraction of sp³-hybridized carbons (Fsp3) is 0.533. The van der Waals surface area contributed by atoms with Crippen molar-refractivity contribution in [1.29, 1.82) is 5.26 Å². The SMILES string of the molecule is COc1cc(C#N)ccc1NCCCC1CCCO1. The summed E-state index contributed by atoms with van der Waals surface area (Å²) in [6.45, 7) is 1.81. The van der Waals surface area contributed by atoms with Crippen molar-refractivity contribution in [3.63, 3.8) is 0 Å². The van der Waals surface area contributed by atoms with Crippen LogP contribution in [-0.2, 0) is 4.74 Å². The van der Waals surface area contributed by atoms with Crippen molar-refractivity contribution in [3.8, 4) is 11.8 Å². The minimum absolute atomic E-state index is 0.449. The smallest absolute Gasteiger partial charge is 0.143 e. The molecule has 1 aliphatic rings. The van der Waals surface area contributed by atoms with Crippen molar-refractivity contribution in [2.45, 2.75) is 31.8 Å². The number of ether oxygens (including phenoxy) is 2. The van der Waals surface area contributed by atoms with Gasteiger partial charge in [0.25, 0.3) is 0 Å². The first-order valence-electron chi connectivity index (χ1n) is 6.77. The Balaban J connectivity index is 1.80. The summed E-state index contributed by atoms with van der Waals surface area (Å²) >= 11 is 0. The third-order valence-electron chi connectivity index (χ3n) is 3.37. The molecule has 1 saturated heterocycles. The van der Waals surface area contributed by atoms with Crippen LogP contribution >= 0.6 is 0 Å². The Labute approximate surface area is 114 Å². The van der Waals surface area contributed by atoms with E-state index in [1.165, 1.54) is 12.8 Å². The Morgan fingerprint density at radius 3 is 3.11 bits per heavy atom. The van der Waals surface area contributed by atoms with E-state index in [2.05, 4.69) is 11.4 Å². The first-order valence-corrected chi connectivity index (χ1v) is 6.77. The van der Waals surface area contributed by atoms with Crippen LogP contribution in [0.15, 0.2) is 18.2 Å². The molecule has 1 atom stereocenters. The lowest BCUT2D eigenvalue weighted by Gasteiger charge is -2.13. The number of nitrogens with zero attached hydrogens (tertiary/aromatic N) is 1. The Hall–Kier alpha value is -1.73. The summed E-state index contributed by atoms with van der Waals surface area (Å²) in [6.07, 6.45) is 5.02. The minimum atomic E-state index is 0.449. The van der Waals surface area contributed by atoms with Gasteiger partial charge in [-0.2, -0.15) is 5.26 Å². The van der Waals surface area contributed by atoms with Crippen molar-refractivity contribution < 1.29 is 9.47 Å². The third kappa shape index (κ3) is 3.87. The van der Waals surface area contributed by atoms with E-state index in [1.807, 2.05) is 6.07 Å². The summed E-state index contributed by atoms with van der Waals surface area (Å²) in [5, 5.41) is 12.2. The van der Waals surface area contributed by atoms with Crippen molar-refractivity contribution in [3.05, 3.63) is 23.8 Å². The normalized spacial score (nSPS) is 18.0. The van der Waals surface area contributed by atoms with Gasteiger partial charge in [0, 0.05) is 19.2 Å². The van der Waals surface area contributed by atoms with E-state index in [4.69, 9.17) is 14.7 Å². The molecule has 1 aromatic rings. The quantitative estimate of drug-likeness (QED) is 0.799. The molecule has 0 saturated carbocycles. The lowest BCUT2D eigenvalue weighted by molar-refractivity contribution is 0.103. The maximum absolute atomic E-state index is 8.84. The molecule has 1 N–H and O–H groups in total. The molecule has 4 nitrogen and oxygen atoms in total. The van der Waals surface area contributed by atoms with E-state index >= 15 is 0 Å². The van der Waals surface area contributed by atoms with E-state index in [1.54, 1.807) is 19.2 Å². The molecule has 0 aliphatic carbocycles. The lowest BCUT2D eigenvalue weighted by Crippen LogP contribution is -2.09. The number of methoxy groups -OCH3 is 1. The first kappa shape index (κ1) is 13.7. The number of hydrogen-bond acceptors (Lipinski definition) is 4. The molecule has 0 spiro atoms. The summed E-state index contributed by atoms with van der Waals surface area (Å²) in [4.78, 5) is 0. The van der Waals surface area contributed by atoms with Crippen LogP contribution in [0.4, 0.5) is 5.69 Å². The standard InChI is InChI=1S/C15H20N2O2/c1-18-15-10-12(11-16)6-7-14(15)17-8-2-4-13-5-3-9-19-13/h6-7,10,13,17H,2-5,8-9H2,1H3. The topological polar surface area (TPSA) is 54.3 Å². The van der Waals surface area contributed by atoms with Gasteiger partial charge in [0.1, 0.15) is 5.75 Å². The highest BCUT2D eigenvalue weighted by Crippen LogP contribution is 2.25. The zero-order chi connectivity index (χ0) is 13.5. The van der Waals surface area contributed by atoms with Gasteiger partial charge in [0.15, 0.2) is 0 Å². The molecule has 0 amide bonds. The summed E-state index contributed by atoms with van der Waals surface area (Å²) in [5.41, 5.74) is 1.55. The van der Waals surface area contributed by atoms with Crippen LogP contribution in [0.3, 0.4) is 0 Å². The van der Waals surface area contributed by atoms with Crippen LogP contribution in [0.5, 0.6) is 5.75 Å². The average Bonchev–Trinajstić information content (AvgIpc) is 2.96. The molecule has 1 heterocycles. The monoisotopic (exact) mass is 260 g/mol. The molecule has 102 valence electrons. The van der Waals surface area contributed by atoms with Gasteiger partial charge in [0.2, 0.25) is 0 Å². The first-order chi connectivity index (χ1) is 9.33. The highest BCUT2D eigenvalue weighted by atomic mass is 16.5. The number of rotatable bonds is 6. The number of anilines is 1. The van der Waals surface area contributed by atoms with Crippen molar-refractivity contribution >= 4 is 5.69 Å². The Bertz CT molecular complexity index is 448. The van der Waals surface area contributed by atoms with Gasteiger partial charge in [-0.25, -0.2) is 0 Å². The molecule has 1 aliphatic heterocycles. The van der Waals surface area contributed by atoms with Gasteiger partial charge in [-0.1, -0.05) is 0 Å². The molecule has 1 aromatic carbocycles. The van der Waals surface area contributed by atoms with Crippen LogP contribution < -0.4 is 10.1 Å². The van der Waals surface area contributed by atoms with E-state index in [0.29, 0.717) is 11.7 Å². The molecule has 0 bridgehead atoms. The van der Waals surface area contributed by atoms with Gasteiger partial charge in [-0.3, -0.25) is 0 Å². The second-order valence-electron chi connectivity index (χ2n) is 4.73. The maximum atomic E-state index is 8.84. The fourth-order valence-electron chi connectivity index (χ4n) is 2.33. The summed E-state index contributed by atoms with van der Waals surface area (Å²) in [6, 6.07) is 7.55. The molecule has 19 heavy (non-hydrogen) atoms. The number of benzene rings is 1. The maximum Gasteiger partial charge on any atom is 0.143 e. The van der Waals surface area contributed by atoms with Gasteiger partial charge in [0.05, 0.1) is 30.5 Å². The molecule has 2 rings (SSSR count). The van der Waals surface area contributed by atoms with Crippen LogP contribution in [0.25, 0.3) is 0 Å². The van der Waals surface area contributed by atoms with E-state index < -0.39 is 0 Å². The summed E-state index contributed by atoms with van der Waals surface area (Å²) in [7, 11) is 1.62. The average molecular weight is 260 g/mol. The van der Waals surface area contributed by atoms with Crippen LogP contribution in [0.2, 0.25) is 0 Å². The van der Waals surface area contributed by atoms with Crippen LogP contribution in [0, 0.1) is 11.3 Å². The second kappa shape index (κ2) is 7.01. The summed E-state index contributed by atoms with van der Waals surface area (Å²) < 4.78 is 10.9. The third-order valence-corrected chi connectivity index (χ3v) is 3.37. The highest BCUT2D eigenvalue weighted by Gasteiger charge is 2.14. The van der Waals surface area contributed by atoms with Gasteiger partial charge in [-0.05, 0) is 37.8 Å². The van der Waals surface area contributed by atoms with E-state index in [0.717, 1.165) is 37.4 Å². The van der Waals surface area contributed by atoms with Gasteiger partial charge < -0.3 is 14.8 Å². The molecule has 4 heteroatoms. The Kier molecular flexibility index (Phi) is 5.05. The zero-order valence-corrected chi connectivity index (χ0v) is 11.3. The van der Waals surface area contributed by atoms with E-state index in [-0.39, 0.29) is 0 Å². The number of nitriles is 1. The molecular formula is C15H20N2O2. The molecule has 1 fully saturated rings. The van der Waals surface area contributed by atoms with Crippen molar-refractivity contribution in [2.75, 3.05) is 25.6 Å². The lowest BCUT2D eigenvalue weighted by atomic mass is 10.1. The predicted octanol–water partition coefficient (Wildman–Crippen LogP) is 2.94. The second-order valence-corrected chi connectivity index (χ2v) is 4.73. The fourth-order valence-corrected chi connectivity index (χ4v) is 2.33. The number of nitrogens with one attached hydrogen (secondary N) is 1. The van der Waals surface area contributed by atoms with Gasteiger partial charge in [-0.15, -0.1) is 0 Å². The van der Waals surface area contributed by atoms with Crippen LogP contribution in [0.1, 0.15) is 31.2 Å². The van der Waals surface area contributed by atoms with Crippen LogP contribution in [-0.4, -0.2) is 26.4 Å².